The molecule has 0 aliphatic heterocycles. The van der Waals surface area contributed by atoms with Gasteiger partial charge in [0.15, 0.2) is 5.92 Å². The van der Waals surface area contributed by atoms with Gasteiger partial charge in [0, 0.05) is 4.47 Å². The van der Waals surface area contributed by atoms with Crippen LogP contribution in [0.3, 0.4) is 0 Å². The second kappa shape index (κ2) is 6.36. The first-order valence-corrected chi connectivity index (χ1v) is 6.92. The maximum atomic E-state index is 12.3. The molecule has 2 aromatic rings. The van der Waals surface area contributed by atoms with Crippen LogP contribution < -0.4 is 5.32 Å². The molecule has 1 atom stereocenters. The number of carbonyl (C=O) groups is 1. The molecule has 2 aromatic carbocycles. The Morgan fingerprint density at radius 1 is 1.25 bits per heavy atom. The van der Waals surface area contributed by atoms with E-state index in [2.05, 4.69) is 21.2 Å². The highest BCUT2D eigenvalue weighted by molar-refractivity contribution is 9.10. The van der Waals surface area contributed by atoms with E-state index in [0.29, 0.717) is 11.3 Å². The molecule has 0 aliphatic rings. The molecule has 0 aliphatic carbocycles. The van der Waals surface area contributed by atoms with Crippen LogP contribution in [-0.4, -0.2) is 5.91 Å². The number of hydrogen-bond donors (Lipinski definition) is 1. The van der Waals surface area contributed by atoms with Crippen LogP contribution in [0.5, 0.6) is 0 Å². The third-order valence-corrected chi connectivity index (χ3v) is 3.60. The van der Waals surface area contributed by atoms with E-state index in [1.54, 1.807) is 12.1 Å². The second-order valence-corrected chi connectivity index (χ2v) is 5.30. The highest BCUT2D eigenvalue weighted by Crippen LogP contribution is 2.25. The van der Waals surface area contributed by atoms with E-state index >= 15 is 0 Å². The number of benzene rings is 2. The molecule has 1 amide bonds. The second-order valence-electron chi connectivity index (χ2n) is 4.45. The third-order valence-electron chi connectivity index (χ3n) is 2.90. The Morgan fingerprint density at radius 3 is 2.60 bits per heavy atom. The quantitative estimate of drug-likeness (QED) is 0.925. The van der Waals surface area contributed by atoms with E-state index in [1.807, 2.05) is 49.4 Å². The summed E-state index contributed by atoms with van der Waals surface area (Å²) < 4.78 is 0.793. The van der Waals surface area contributed by atoms with Crippen LogP contribution in [0.15, 0.2) is 53.0 Å². The lowest BCUT2D eigenvalue weighted by Gasteiger charge is -2.12. The molecule has 20 heavy (non-hydrogen) atoms. The number of nitriles is 1. The molecular weight excluding hydrogens is 316 g/mol. The van der Waals surface area contributed by atoms with E-state index < -0.39 is 5.92 Å². The minimum Gasteiger partial charge on any atom is -0.324 e. The van der Waals surface area contributed by atoms with Gasteiger partial charge in [0.25, 0.3) is 0 Å². The van der Waals surface area contributed by atoms with Gasteiger partial charge in [0.1, 0.15) is 0 Å². The monoisotopic (exact) mass is 328 g/mol. The number of anilines is 1. The van der Waals surface area contributed by atoms with Crippen molar-refractivity contribution in [2.75, 3.05) is 5.32 Å². The Bertz CT molecular complexity index is 662. The van der Waals surface area contributed by atoms with E-state index in [4.69, 9.17) is 0 Å². The molecule has 0 bridgehead atoms. The fourth-order valence-electron chi connectivity index (χ4n) is 1.87. The highest BCUT2D eigenvalue weighted by Gasteiger charge is 2.20. The van der Waals surface area contributed by atoms with Crippen molar-refractivity contribution < 1.29 is 4.79 Å². The molecule has 0 saturated carbocycles. The van der Waals surface area contributed by atoms with Crippen molar-refractivity contribution in [3.63, 3.8) is 0 Å². The van der Waals surface area contributed by atoms with Gasteiger partial charge in [-0.05, 0) is 46.1 Å². The molecule has 100 valence electrons. The smallest absolute Gasteiger partial charge is 0.246 e. The molecule has 0 aromatic heterocycles. The average molecular weight is 329 g/mol. The van der Waals surface area contributed by atoms with Crippen LogP contribution >= 0.6 is 15.9 Å². The molecule has 1 unspecified atom stereocenters. The number of halogens is 1. The van der Waals surface area contributed by atoms with Gasteiger partial charge in [-0.2, -0.15) is 5.26 Å². The van der Waals surface area contributed by atoms with E-state index in [1.165, 1.54) is 0 Å². The Labute approximate surface area is 126 Å². The Balaban J connectivity index is 2.23. The minimum absolute atomic E-state index is 0.329. The molecule has 0 saturated heterocycles. The van der Waals surface area contributed by atoms with Gasteiger partial charge in [-0.25, -0.2) is 0 Å². The Hall–Kier alpha value is -2.12. The average Bonchev–Trinajstić information content (AvgIpc) is 2.45. The van der Waals surface area contributed by atoms with Crippen molar-refractivity contribution in [3.05, 3.63) is 64.1 Å². The van der Waals surface area contributed by atoms with Gasteiger partial charge >= 0.3 is 0 Å². The number of amides is 1. The summed E-state index contributed by atoms with van der Waals surface area (Å²) >= 11 is 3.39. The highest BCUT2D eigenvalue weighted by atomic mass is 79.9. The van der Waals surface area contributed by atoms with Crippen molar-refractivity contribution in [2.45, 2.75) is 12.8 Å². The first-order chi connectivity index (χ1) is 9.61. The zero-order valence-corrected chi connectivity index (χ0v) is 12.5. The molecule has 0 heterocycles. The van der Waals surface area contributed by atoms with Gasteiger partial charge < -0.3 is 5.32 Å². The number of aryl methyl sites for hydroxylation is 1. The van der Waals surface area contributed by atoms with Crippen LogP contribution in [0.2, 0.25) is 0 Å². The molecule has 1 N–H and O–H groups in total. The van der Waals surface area contributed by atoms with Crippen LogP contribution in [-0.2, 0) is 4.79 Å². The SMILES string of the molecule is Cc1ccc(Br)c(NC(=O)C(C#N)c2ccccc2)c1. The Morgan fingerprint density at radius 2 is 1.95 bits per heavy atom. The van der Waals surface area contributed by atoms with Crippen molar-refractivity contribution in [3.8, 4) is 6.07 Å². The van der Waals surface area contributed by atoms with E-state index in [9.17, 15) is 10.1 Å². The molecule has 0 radical (unpaired) electrons. The third kappa shape index (κ3) is 3.25. The van der Waals surface area contributed by atoms with Gasteiger partial charge in [-0.15, -0.1) is 0 Å². The molecule has 0 spiro atoms. The number of carbonyl (C=O) groups excluding carboxylic acids is 1. The number of hydrogen-bond acceptors (Lipinski definition) is 2. The standard InChI is InChI=1S/C16H13BrN2O/c1-11-7-8-14(17)15(9-11)19-16(20)13(10-18)12-5-3-2-4-6-12/h2-9,13H,1H3,(H,19,20). The number of rotatable bonds is 3. The summed E-state index contributed by atoms with van der Waals surface area (Å²) in [6.07, 6.45) is 0. The predicted molar refractivity (Wildman–Crippen MR) is 82.3 cm³/mol. The van der Waals surface area contributed by atoms with Gasteiger partial charge in [0.2, 0.25) is 5.91 Å². The largest absolute Gasteiger partial charge is 0.324 e. The number of nitrogens with zero attached hydrogens (tertiary/aromatic N) is 1. The molecule has 3 nitrogen and oxygen atoms in total. The number of nitrogens with one attached hydrogen (secondary N) is 1. The first-order valence-electron chi connectivity index (χ1n) is 6.13. The summed E-state index contributed by atoms with van der Waals surface area (Å²) in [5, 5.41) is 12.0. The van der Waals surface area contributed by atoms with E-state index in [-0.39, 0.29) is 5.91 Å². The first kappa shape index (κ1) is 14.3. The normalized spacial score (nSPS) is 11.4. The Kier molecular flexibility index (Phi) is 4.54. The fourth-order valence-corrected chi connectivity index (χ4v) is 2.22. The zero-order chi connectivity index (χ0) is 14.5. The maximum Gasteiger partial charge on any atom is 0.246 e. The summed E-state index contributed by atoms with van der Waals surface area (Å²) in [6, 6.07) is 16.8. The molecule has 2 rings (SSSR count). The van der Waals surface area contributed by atoms with E-state index in [0.717, 1.165) is 10.0 Å². The summed E-state index contributed by atoms with van der Waals surface area (Å²) in [6.45, 7) is 1.95. The van der Waals surface area contributed by atoms with Crippen molar-refractivity contribution in [2.24, 2.45) is 0 Å². The van der Waals surface area contributed by atoms with Gasteiger partial charge in [0.05, 0.1) is 11.8 Å². The van der Waals surface area contributed by atoms with Gasteiger partial charge in [-0.1, -0.05) is 36.4 Å². The topological polar surface area (TPSA) is 52.9 Å². The lowest BCUT2D eigenvalue weighted by Crippen LogP contribution is -2.20. The van der Waals surface area contributed by atoms with Gasteiger partial charge in [-0.3, -0.25) is 4.79 Å². The summed E-state index contributed by atoms with van der Waals surface area (Å²) in [4.78, 5) is 12.3. The predicted octanol–water partition coefficient (Wildman–Crippen LogP) is 4.00. The summed E-state index contributed by atoms with van der Waals surface area (Å²) in [5.74, 6) is -1.14. The van der Waals surface area contributed by atoms with Crippen LogP contribution in [0.4, 0.5) is 5.69 Å². The lowest BCUT2D eigenvalue weighted by atomic mass is 10.00. The molecule has 4 heteroatoms. The van der Waals surface area contributed by atoms with Crippen LogP contribution in [0.25, 0.3) is 0 Å². The van der Waals surface area contributed by atoms with Crippen LogP contribution in [0, 0.1) is 18.3 Å². The fraction of sp³-hybridized carbons (Fsp3) is 0.125. The van der Waals surface area contributed by atoms with Crippen molar-refractivity contribution in [1.82, 2.24) is 0 Å². The van der Waals surface area contributed by atoms with Crippen LogP contribution in [0.1, 0.15) is 17.0 Å². The summed E-state index contributed by atoms with van der Waals surface area (Å²) in [5.41, 5.74) is 2.40. The molecular formula is C16H13BrN2O. The van der Waals surface area contributed by atoms with Crippen molar-refractivity contribution in [1.29, 1.82) is 5.26 Å². The zero-order valence-electron chi connectivity index (χ0n) is 10.9. The minimum atomic E-state index is -0.816. The summed E-state index contributed by atoms with van der Waals surface area (Å²) in [7, 11) is 0. The lowest BCUT2D eigenvalue weighted by molar-refractivity contribution is -0.116. The molecule has 0 fully saturated rings. The van der Waals surface area contributed by atoms with Crippen molar-refractivity contribution >= 4 is 27.5 Å². The maximum absolute atomic E-state index is 12.3.